The van der Waals surface area contributed by atoms with Crippen LogP contribution < -0.4 is 10.6 Å². The molecular weight excluding hydrogens is 370 g/mol. The van der Waals surface area contributed by atoms with Crippen molar-refractivity contribution in [1.29, 1.82) is 5.26 Å². The lowest BCUT2D eigenvalue weighted by molar-refractivity contribution is -0.115. The van der Waals surface area contributed by atoms with Gasteiger partial charge in [0.15, 0.2) is 5.16 Å². The van der Waals surface area contributed by atoms with Gasteiger partial charge in [0, 0.05) is 23.6 Å². The molecule has 0 atom stereocenters. The molecule has 2 N–H and O–H groups in total. The van der Waals surface area contributed by atoms with Crippen LogP contribution in [0.1, 0.15) is 24.8 Å². The second kappa shape index (κ2) is 8.28. The van der Waals surface area contributed by atoms with Crippen molar-refractivity contribution in [3.05, 3.63) is 54.1 Å². The molecule has 0 saturated heterocycles. The van der Waals surface area contributed by atoms with Gasteiger partial charge in [-0.1, -0.05) is 36.0 Å². The first kappa shape index (κ1) is 18.3. The lowest BCUT2D eigenvalue weighted by Crippen LogP contribution is -2.13. The number of carbonyl (C=O) groups is 1. The minimum absolute atomic E-state index is 0.132. The Kier molecular flexibility index (Phi) is 5.40. The van der Waals surface area contributed by atoms with Gasteiger partial charge in [-0.05, 0) is 37.1 Å². The van der Waals surface area contributed by atoms with E-state index in [1.165, 1.54) is 24.6 Å². The molecule has 140 valence electrons. The van der Waals surface area contributed by atoms with Gasteiger partial charge in [0.25, 0.3) is 0 Å². The third kappa shape index (κ3) is 4.41. The smallest absolute Gasteiger partial charge is 0.225 e. The van der Waals surface area contributed by atoms with Crippen LogP contribution in [-0.4, -0.2) is 27.7 Å². The van der Waals surface area contributed by atoms with Crippen molar-refractivity contribution < 1.29 is 4.79 Å². The molecule has 3 aromatic rings. The lowest BCUT2D eigenvalue weighted by atomic mass is 10.2. The fraction of sp³-hybridized carbons (Fsp3) is 0.238. The van der Waals surface area contributed by atoms with Crippen LogP contribution in [0.5, 0.6) is 0 Å². The van der Waals surface area contributed by atoms with Crippen molar-refractivity contribution in [3.8, 4) is 6.07 Å². The fourth-order valence-electron chi connectivity index (χ4n) is 2.79. The number of nitrogens with one attached hydrogen (secondary N) is 2. The van der Waals surface area contributed by atoms with Crippen molar-refractivity contribution >= 4 is 40.1 Å². The Morgan fingerprint density at radius 2 is 1.93 bits per heavy atom. The highest BCUT2D eigenvalue weighted by Gasteiger charge is 2.22. The molecule has 1 heterocycles. The molecule has 0 bridgehead atoms. The maximum atomic E-state index is 12.2. The molecule has 1 amide bonds. The van der Waals surface area contributed by atoms with Crippen molar-refractivity contribution in [1.82, 2.24) is 9.97 Å². The standard InChI is InChI=1S/C21H19N5OS/c22-13-14-5-1-3-7-17(14)24-19(27)11-12-28-21-25-18-8-4-2-6-16(18)20(26-21)23-15-9-10-15/h1-8,15H,9-12H2,(H,24,27)(H,23,25,26). The van der Waals surface area contributed by atoms with Crippen LogP contribution in [0.25, 0.3) is 10.9 Å². The Morgan fingerprint density at radius 1 is 1.14 bits per heavy atom. The van der Waals surface area contributed by atoms with Crippen LogP contribution in [0, 0.1) is 11.3 Å². The van der Waals surface area contributed by atoms with E-state index in [1.807, 2.05) is 24.3 Å². The molecule has 1 aliphatic carbocycles. The zero-order valence-electron chi connectivity index (χ0n) is 15.2. The quantitative estimate of drug-likeness (QED) is 0.465. The van der Waals surface area contributed by atoms with Gasteiger partial charge in [0.05, 0.1) is 16.8 Å². The first-order valence-electron chi connectivity index (χ1n) is 9.18. The number of hydrogen-bond acceptors (Lipinski definition) is 6. The van der Waals surface area contributed by atoms with E-state index in [4.69, 9.17) is 5.26 Å². The minimum atomic E-state index is -0.132. The van der Waals surface area contributed by atoms with Crippen LogP contribution >= 0.6 is 11.8 Å². The Hall–Kier alpha value is -3.11. The van der Waals surface area contributed by atoms with E-state index in [9.17, 15) is 4.79 Å². The Bertz CT molecular complexity index is 1060. The maximum Gasteiger partial charge on any atom is 0.225 e. The van der Waals surface area contributed by atoms with Gasteiger partial charge in [-0.15, -0.1) is 0 Å². The number of fused-ring (bicyclic) bond motifs is 1. The third-order valence-corrected chi connectivity index (χ3v) is 5.23. The molecule has 0 spiro atoms. The number of aromatic nitrogens is 2. The van der Waals surface area contributed by atoms with E-state index in [0.717, 1.165) is 16.7 Å². The summed E-state index contributed by atoms with van der Waals surface area (Å²) in [5.74, 6) is 1.29. The molecule has 2 aromatic carbocycles. The van der Waals surface area contributed by atoms with E-state index in [0.29, 0.717) is 34.6 Å². The predicted octanol–water partition coefficient (Wildman–Crippen LogP) is 4.20. The second-order valence-electron chi connectivity index (χ2n) is 6.59. The lowest BCUT2D eigenvalue weighted by Gasteiger charge is -2.10. The number of hydrogen-bond donors (Lipinski definition) is 2. The SMILES string of the molecule is N#Cc1ccccc1NC(=O)CCSc1nc(NC2CC2)c2ccccc2n1. The number of amides is 1. The molecule has 6 nitrogen and oxygen atoms in total. The van der Waals surface area contributed by atoms with Gasteiger partial charge < -0.3 is 10.6 Å². The number of rotatable bonds is 7. The number of nitrogens with zero attached hydrogens (tertiary/aromatic N) is 3. The summed E-state index contributed by atoms with van der Waals surface area (Å²) in [6, 6.07) is 17.5. The molecule has 1 saturated carbocycles. The van der Waals surface area contributed by atoms with Crippen LogP contribution in [0.3, 0.4) is 0 Å². The molecule has 28 heavy (non-hydrogen) atoms. The summed E-state index contributed by atoms with van der Waals surface area (Å²) in [4.78, 5) is 21.5. The van der Waals surface area contributed by atoms with E-state index in [-0.39, 0.29) is 5.91 Å². The van der Waals surface area contributed by atoms with Crippen LogP contribution in [0.15, 0.2) is 53.7 Å². The summed E-state index contributed by atoms with van der Waals surface area (Å²) in [6.07, 6.45) is 2.66. The molecular formula is C21H19N5OS. The van der Waals surface area contributed by atoms with Gasteiger partial charge in [-0.3, -0.25) is 4.79 Å². The fourth-order valence-corrected chi connectivity index (χ4v) is 3.58. The van der Waals surface area contributed by atoms with Gasteiger partial charge in [0.1, 0.15) is 11.9 Å². The molecule has 0 radical (unpaired) electrons. The van der Waals surface area contributed by atoms with Crippen molar-refractivity contribution in [2.45, 2.75) is 30.5 Å². The number of anilines is 2. The summed E-state index contributed by atoms with van der Waals surface area (Å²) in [5, 5.41) is 17.0. The Morgan fingerprint density at radius 3 is 2.75 bits per heavy atom. The van der Waals surface area contributed by atoms with Crippen LogP contribution in [0.2, 0.25) is 0 Å². The Labute approximate surface area is 167 Å². The molecule has 4 rings (SSSR count). The minimum Gasteiger partial charge on any atom is -0.367 e. The van der Waals surface area contributed by atoms with Crippen molar-refractivity contribution in [2.24, 2.45) is 0 Å². The molecule has 1 aliphatic rings. The average molecular weight is 389 g/mol. The summed E-state index contributed by atoms with van der Waals surface area (Å²) in [6.45, 7) is 0. The molecule has 1 fully saturated rings. The summed E-state index contributed by atoms with van der Waals surface area (Å²) in [7, 11) is 0. The summed E-state index contributed by atoms with van der Waals surface area (Å²) in [5.41, 5.74) is 1.89. The predicted molar refractivity (Wildman–Crippen MR) is 111 cm³/mol. The number of thioether (sulfide) groups is 1. The highest BCUT2D eigenvalue weighted by atomic mass is 32.2. The second-order valence-corrected chi connectivity index (χ2v) is 7.66. The number of benzene rings is 2. The van der Waals surface area contributed by atoms with Crippen LogP contribution in [0.4, 0.5) is 11.5 Å². The van der Waals surface area contributed by atoms with Crippen molar-refractivity contribution in [3.63, 3.8) is 0 Å². The summed E-state index contributed by atoms with van der Waals surface area (Å²) < 4.78 is 0. The number of para-hydroxylation sites is 2. The van der Waals surface area contributed by atoms with E-state index < -0.39 is 0 Å². The van der Waals surface area contributed by atoms with Crippen LogP contribution in [-0.2, 0) is 4.79 Å². The zero-order chi connectivity index (χ0) is 19.3. The molecule has 0 unspecified atom stereocenters. The monoisotopic (exact) mass is 389 g/mol. The molecule has 7 heteroatoms. The first-order chi connectivity index (χ1) is 13.7. The normalized spacial score (nSPS) is 13.1. The highest BCUT2D eigenvalue weighted by Crippen LogP contribution is 2.29. The van der Waals surface area contributed by atoms with E-state index in [1.54, 1.807) is 24.3 Å². The van der Waals surface area contributed by atoms with Gasteiger partial charge >= 0.3 is 0 Å². The molecule has 0 aliphatic heterocycles. The van der Waals surface area contributed by atoms with E-state index >= 15 is 0 Å². The average Bonchev–Trinajstić information content (AvgIpc) is 3.52. The zero-order valence-corrected chi connectivity index (χ0v) is 16.0. The summed E-state index contributed by atoms with van der Waals surface area (Å²) >= 11 is 1.46. The first-order valence-corrected chi connectivity index (χ1v) is 10.2. The van der Waals surface area contributed by atoms with Gasteiger partial charge in [-0.2, -0.15) is 5.26 Å². The third-order valence-electron chi connectivity index (χ3n) is 4.38. The Balaban J connectivity index is 1.40. The number of carbonyl (C=O) groups excluding carboxylic acids is 1. The van der Waals surface area contributed by atoms with Crippen molar-refractivity contribution in [2.75, 3.05) is 16.4 Å². The molecule has 1 aromatic heterocycles. The number of nitriles is 1. The largest absolute Gasteiger partial charge is 0.367 e. The van der Waals surface area contributed by atoms with Gasteiger partial charge in [-0.25, -0.2) is 9.97 Å². The maximum absolute atomic E-state index is 12.2. The van der Waals surface area contributed by atoms with Gasteiger partial charge in [0.2, 0.25) is 5.91 Å². The topological polar surface area (TPSA) is 90.7 Å². The van der Waals surface area contributed by atoms with E-state index in [2.05, 4.69) is 26.7 Å². The highest BCUT2D eigenvalue weighted by molar-refractivity contribution is 7.99.